The van der Waals surface area contributed by atoms with Gasteiger partial charge in [-0.3, -0.25) is 9.78 Å². The number of imidazole rings is 1. The van der Waals surface area contributed by atoms with Gasteiger partial charge in [0.1, 0.15) is 11.3 Å². The third kappa shape index (κ3) is 3.95. The lowest BCUT2D eigenvalue weighted by molar-refractivity contribution is -0.166. The first-order valence-corrected chi connectivity index (χ1v) is 9.36. The summed E-state index contributed by atoms with van der Waals surface area (Å²) in [7, 11) is 1.86. The molecule has 1 atom stereocenters. The van der Waals surface area contributed by atoms with Crippen molar-refractivity contribution in [2.24, 2.45) is 13.0 Å². The molecule has 0 unspecified atom stereocenters. The highest BCUT2D eigenvalue weighted by atomic mass is 16.5. The zero-order valence-corrected chi connectivity index (χ0v) is 15.8. The van der Waals surface area contributed by atoms with E-state index in [2.05, 4.69) is 15.0 Å². The molecule has 2 aromatic rings. The van der Waals surface area contributed by atoms with Gasteiger partial charge in [0, 0.05) is 26.0 Å². The Bertz CT molecular complexity index is 815. The highest BCUT2D eigenvalue weighted by molar-refractivity contribution is 5.92. The van der Waals surface area contributed by atoms with E-state index < -0.39 is 0 Å². The van der Waals surface area contributed by atoms with Crippen molar-refractivity contribution in [1.82, 2.24) is 24.4 Å². The van der Waals surface area contributed by atoms with Gasteiger partial charge in [0.05, 0.1) is 37.9 Å². The summed E-state index contributed by atoms with van der Waals surface area (Å²) >= 11 is 0. The molecule has 0 radical (unpaired) electrons. The quantitative estimate of drug-likeness (QED) is 0.794. The van der Waals surface area contributed by atoms with E-state index in [0.29, 0.717) is 37.2 Å². The predicted octanol–water partition coefficient (Wildman–Crippen LogP) is 1.61. The van der Waals surface area contributed by atoms with Crippen molar-refractivity contribution >= 4 is 5.91 Å². The lowest BCUT2D eigenvalue weighted by Crippen LogP contribution is -2.66. The van der Waals surface area contributed by atoms with Crippen molar-refractivity contribution in [3.63, 3.8) is 0 Å². The average Bonchev–Trinajstić information content (AvgIpc) is 3.06. The van der Waals surface area contributed by atoms with Crippen LogP contribution in [-0.2, 0) is 11.8 Å². The topological polar surface area (TPSA) is 82.4 Å². The SMILES string of the molecule is Cc1cncc(OCC[C@H]2CCOC3(C2)CN(C(=O)c2cn(C)cn2)C3)n1. The maximum atomic E-state index is 12.5. The van der Waals surface area contributed by atoms with Gasteiger partial charge in [0.2, 0.25) is 5.88 Å². The van der Waals surface area contributed by atoms with Crippen LogP contribution >= 0.6 is 0 Å². The fourth-order valence-corrected chi connectivity index (χ4v) is 3.91. The van der Waals surface area contributed by atoms with E-state index in [4.69, 9.17) is 9.47 Å². The molecular weight excluding hydrogens is 346 g/mol. The fourth-order valence-electron chi connectivity index (χ4n) is 3.91. The molecule has 2 aliphatic heterocycles. The first-order chi connectivity index (χ1) is 13.0. The maximum absolute atomic E-state index is 12.5. The molecule has 2 aromatic heterocycles. The number of nitrogens with zero attached hydrogens (tertiary/aromatic N) is 5. The van der Waals surface area contributed by atoms with Crippen molar-refractivity contribution in [2.45, 2.75) is 31.8 Å². The minimum atomic E-state index is -0.198. The van der Waals surface area contributed by atoms with Gasteiger partial charge in [0.25, 0.3) is 5.91 Å². The average molecular weight is 371 g/mol. The number of aryl methyl sites for hydroxylation is 2. The van der Waals surface area contributed by atoms with Gasteiger partial charge in [-0.1, -0.05) is 0 Å². The van der Waals surface area contributed by atoms with Crippen LogP contribution in [0.3, 0.4) is 0 Å². The van der Waals surface area contributed by atoms with E-state index in [1.807, 2.05) is 18.9 Å². The van der Waals surface area contributed by atoms with E-state index in [1.54, 1.807) is 29.5 Å². The van der Waals surface area contributed by atoms with Crippen molar-refractivity contribution in [2.75, 3.05) is 26.3 Å². The Hall–Kier alpha value is -2.48. The predicted molar refractivity (Wildman–Crippen MR) is 97.4 cm³/mol. The monoisotopic (exact) mass is 371 g/mol. The van der Waals surface area contributed by atoms with Crippen LogP contribution in [0.5, 0.6) is 5.88 Å². The highest BCUT2D eigenvalue weighted by Gasteiger charge is 2.49. The Morgan fingerprint density at radius 2 is 2.26 bits per heavy atom. The molecule has 8 nitrogen and oxygen atoms in total. The van der Waals surface area contributed by atoms with E-state index in [1.165, 1.54) is 0 Å². The third-order valence-corrected chi connectivity index (χ3v) is 5.27. The molecule has 0 bridgehead atoms. The van der Waals surface area contributed by atoms with E-state index in [0.717, 1.165) is 31.6 Å². The summed E-state index contributed by atoms with van der Waals surface area (Å²) in [6.07, 6.45) is 9.70. The number of likely N-dealkylation sites (tertiary alicyclic amines) is 1. The lowest BCUT2D eigenvalue weighted by atomic mass is 9.79. The first-order valence-electron chi connectivity index (χ1n) is 9.36. The molecule has 0 N–H and O–H groups in total. The summed E-state index contributed by atoms with van der Waals surface area (Å²) in [5.74, 6) is 1.09. The molecule has 0 aromatic carbocycles. The Kier molecular flexibility index (Phi) is 4.82. The molecule has 1 spiro atoms. The zero-order valence-electron chi connectivity index (χ0n) is 15.8. The second kappa shape index (κ2) is 7.26. The van der Waals surface area contributed by atoms with Crippen molar-refractivity contribution < 1.29 is 14.3 Å². The molecule has 4 rings (SSSR count). The molecule has 2 fully saturated rings. The Balaban J connectivity index is 1.26. The van der Waals surface area contributed by atoms with E-state index in [9.17, 15) is 4.79 Å². The van der Waals surface area contributed by atoms with Crippen LogP contribution in [0, 0.1) is 12.8 Å². The summed E-state index contributed by atoms with van der Waals surface area (Å²) in [6, 6.07) is 0. The summed E-state index contributed by atoms with van der Waals surface area (Å²) < 4.78 is 13.6. The van der Waals surface area contributed by atoms with Crippen LogP contribution in [0.1, 0.15) is 35.4 Å². The van der Waals surface area contributed by atoms with Gasteiger partial charge in [-0.05, 0) is 32.1 Å². The minimum Gasteiger partial charge on any atom is -0.477 e. The summed E-state index contributed by atoms with van der Waals surface area (Å²) in [4.78, 5) is 26.8. The van der Waals surface area contributed by atoms with Gasteiger partial charge >= 0.3 is 0 Å². The normalized spacial score (nSPS) is 21.1. The number of hydrogen-bond acceptors (Lipinski definition) is 6. The number of amides is 1. The van der Waals surface area contributed by atoms with Gasteiger partial charge in [-0.25, -0.2) is 9.97 Å². The van der Waals surface area contributed by atoms with Crippen molar-refractivity contribution in [3.05, 3.63) is 36.3 Å². The van der Waals surface area contributed by atoms with Gasteiger partial charge in [-0.15, -0.1) is 0 Å². The highest BCUT2D eigenvalue weighted by Crippen LogP contribution is 2.38. The number of carbonyl (C=O) groups excluding carboxylic acids is 1. The number of carbonyl (C=O) groups is 1. The maximum Gasteiger partial charge on any atom is 0.274 e. The molecule has 0 aliphatic carbocycles. The molecule has 8 heteroatoms. The largest absolute Gasteiger partial charge is 0.477 e. The molecule has 2 saturated heterocycles. The molecule has 144 valence electrons. The fraction of sp³-hybridized carbons (Fsp3) is 0.579. The third-order valence-electron chi connectivity index (χ3n) is 5.27. The van der Waals surface area contributed by atoms with Crippen LogP contribution in [0.4, 0.5) is 0 Å². The van der Waals surface area contributed by atoms with Crippen LogP contribution in [0.2, 0.25) is 0 Å². The minimum absolute atomic E-state index is 0.0201. The number of aromatic nitrogens is 4. The summed E-state index contributed by atoms with van der Waals surface area (Å²) in [5.41, 5.74) is 1.15. The Morgan fingerprint density at radius 1 is 1.41 bits per heavy atom. The molecule has 2 aliphatic rings. The van der Waals surface area contributed by atoms with Crippen LogP contribution in [0.25, 0.3) is 0 Å². The molecule has 27 heavy (non-hydrogen) atoms. The molecule has 4 heterocycles. The van der Waals surface area contributed by atoms with Crippen molar-refractivity contribution in [1.29, 1.82) is 0 Å². The summed E-state index contributed by atoms with van der Waals surface area (Å²) in [6.45, 7) is 4.54. The lowest BCUT2D eigenvalue weighted by Gasteiger charge is -2.53. The number of hydrogen-bond donors (Lipinski definition) is 0. The zero-order chi connectivity index (χ0) is 18.9. The smallest absolute Gasteiger partial charge is 0.274 e. The Labute approximate surface area is 158 Å². The number of rotatable bonds is 5. The molecule has 1 amide bonds. The summed E-state index contributed by atoms with van der Waals surface area (Å²) in [5, 5.41) is 0. The Morgan fingerprint density at radius 3 is 3.00 bits per heavy atom. The van der Waals surface area contributed by atoms with Crippen LogP contribution < -0.4 is 4.74 Å². The molecule has 0 saturated carbocycles. The van der Waals surface area contributed by atoms with E-state index >= 15 is 0 Å². The first kappa shape index (κ1) is 17.9. The van der Waals surface area contributed by atoms with Gasteiger partial charge in [-0.2, -0.15) is 0 Å². The van der Waals surface area contributed by atoms with Crippen LogP contribution in [-0.4, -0.2) is 62.2 Å². The standard InChI is InChI=1S/C19H25N5O3/c1-14-8-20-9-17(22-14)26-5-3-15-4-6-27-19(7-15)11-24(12-19)18(25)16-10-23(2)13-21-16/h8-10,13,15H,3-7,11-12H2,1-2H3/t15-/m0/s1. The second-order valence-corrected chi connectivity index (χ2v) is 7.61. The van der Waals surface area contributed by atoms with Crippen molar-refractivity contribution in [3.8, 4) is 5.88 Å². The second-order valence-electron chi connectivity index (χ2n) is 7.61. The van der Waals surface area contributed by atoms with Crippen LogP contribution in [0.15, 0.2) is 24.9 Å². The molecular formula is C19H25N5O3. The van der Waals surface area contributed by atoms with E-state index in [-0.39, 0.29) is 11.5 Å². The number of ether oxygens (including phenoxy) is 2. The van der Waals surface area contributed by atoms with Gasteiger partial charge < -0.3 is 18.9 Å². The van der Waals surface area contributed by atoms with Gasteiger partial charge in [0.15, 0.2) is 0 Å².